The molecule has 0 aliphatic carbocycles. The maximum Gasteiger partial charge on any atom is 0.149 e. The number of halogens is 1. The molecule has 0 aromatic heterocycles. The summed E-state index contributed by atoms with van der Waals surface area (Å²) in [6.45, 7) is 1.15. The number of nitrogens with one attached hydrogen (secondary N) is 1. The Morgan fingerprint density at radius 3 is 3.00 bits per heavy atom. The van der Waals surface area contributed by atoms with Crippen LogP contribution in [0.25, 0.3) is 0 Å². The zero-order valence-electron chi connectivity index (χ0n) is 8.22. The van der Waals surface area contributed by atoms with Crippen LogP contribution >= 0.6 is 0 Å². The quantitative estimate of drug-likeness (QED) is 0.777. The second-order valence-corrected chi connectivity index (χ2v) is 3.62. The highest BCUT2D eigenvalue weighted by atomic mass is 19.1. The molecule has 0 amide bonds. The molecule has 14 heavy (non-hydrogen) atoms. The summed E-state index contributed by atoms with van der Waals surface area (Å²) in [5.41, 5.74) is -0.504. The van der Waals surface area contributed by atoms with Gasteiger partial charge in [-0.2, -0.15) is 0 Å². The number of hydrogen-bond acceptors (Lipinski definition) is 2. The van der Waals surface area contributed by atoms with Crippen LogP contribution in [-0.2, 0) is 5.67 Å². The number of ether oxygens (including phenoxy) is 1. The number of alkyl halides is 1. The van der Waals surface area contributed by atoms with Crippen molar-refractivity contribution >= 4 is 0 Å². The lowest BCUT2D eigenvalue weighted by Crippen LogP contribution is -2.23. The first kappa shape index (κ1) is 9.46. The standard InChI is InChI=1S/C11H14FNO/c1-14-10-4-2-3-9(7-10)11(12)5-6-13-8-11/h2-4,7,13H,5-6,8H2,1H3/t11-/m1/s1. The van der Waals surface area contributed by atoms with Crippen LogP contribution in [0.1, 0.15) is 12.0 Å². The predicted molar refractivity (Wildman–Crippen MR) is 53.3 cm³/mol. The van der Waals surface area contributed by atoms with Gasteiger partial charge in [-0.3, -0.25) is 0 Å². The third-order valence-electron chi connectivity index (χ3n) is 2.69. The molecular formula is C11H14FNO. The first-order valence-electron chi connectivity index (χ1n) is 4.79. The van der Waals surface area contributed by atoms with Gasteiger partial charge in [-0.1, -0.05) is 12.1 Å². The Kier molecular flexibility index (Phi) is 2.42. The summed E-state index contributed by atoms with van der Waals surface area (Å²) in [6.07, 6.45) is 0.542. The highest BCUT2D eigenvalue weighted by Gasteiger charge is 2.35. The molecule has 1 N–H and O–H groups in total. The molecule has 1 saturated heterocycles. The fourth-order valence-electron chi connectivity index (χ4n) is 1.81. The van der Waals surface area contributed by atoms with E-state index in [9.17, 15) is 4.39 Å². The van der Waals surface area contributed by atoms with Crippen LogP contribution in [0.15, 0.2) is 24.3 Å². The van der Waals surface area contributed by atoms with Crippen molar-refractivity contribution in [3.63, 3.8) is 0 Å². The second kappa shape index (κ2) is 3.58. The predicted octanol–water partition coefficient (Wildman–Crippen LogP) is 1.85. The van der Waals surface area contributed by atoms with E-state index in [2.05, 4.69) is 5.32 Å². The van der Waals surface area contributed by atoms with Gasteiger partial charge in [-0.05, 0) is 30.7 Å². The van der Waals surface area contributed by atoms with Crippen LogP contribution in [0.3, 0.4) is 0 Å². The summed E-state index contributed by atoms with van der Waals surface area (Å²) in [6, 6.07) is 7.24. The van der Waals surface area contributed by atoms with Gasteiger partial charge >= 0.3 is 0 Å². The molecule has 1 aromatic carbocycles. The lowest BCUT2D eigenvalue weighted by molar-refractivity contribution is 0.193. The number of hydrogen-bond donors (Lipinski definition) is 1. The molecule has 1 heterocycles. The molecule has 1 atom stereocenters. The molecule has 0 unspecified atom stereocenters. The average Bonchev–Trinajstić information content (AvgIpc) is 2.67. The zero-order chi connectivity index (χ0) is 10.0. The van der Waals surface area contributed by atoms with Gasteiger partial charge in [-0.25, -0.2) is 4.39 Å². The molecule has 0 radical (unpaired) electrons. The number of benzene rings is 1. The summed E-state index contributed by atoms with van der Waals surface area (Å²) in [4.78, 5) is 0. The summed E-state index contributed by atoms with van der Waals surface area (Å²) < 4.78 is 19.3. The number of methoxy groups -OCH3 is 1. The van der Waals surface area contributed by atoms with Gasteiger partial charge in [0.1, 0.15) is 11.4 Å². The second-order valence-electron chi connectivity index (χ2n) is 3.62. The van der Waals surface area contributed by atoms with Crippen LogP contribution in [0.4, 0.5) is 4.39 Å². The van der Waals surface area contributed by atoms with Gasteiger partial charge in [0.05, 0.1) is 7.11 Å². The van der Waals surface area contributed by atoms with Crippen molar-refractivity contribution in [2.45, 2.75) is 12.1 Å². The highest BCUT2D eigenvalue weighted by molar-refractivity contribution is 5.33. The van der Waals surface area contributed by atoms with E-state index >= 15 is 0 Å². The summed E-state index contributed by atoms with van der Waals surface area (Å²) in [5, 5.41) is 3.03. The van der Waals surface area contributed by atoms with Crippen LogP contribution < -0.4 is 10.1 Å². The molecule has 76 valence electrons. The van der Waals surface area contributed by atoms with E-state index in [0.717, 1.165) is 6.54 Å². The summed E-state index contributed by atoms with van der Waals surface area (Å²) in [7, 11) is 1.59. The lowest BCUT2D eigenvalue weighted by atomic mass is 9.95. The third kappa shape index (κ3) is 1.60. The maximum atomic E-state index is 14.2. The van der Waals surface area contributed by atoms with Crippen LogP contribution in [0, 0.1) is 0 Å². The van der Waals surface area contributed by atoms with Crippen molar-refractivity contribution in [2.24, 2.45) is 0 Å². The Morgan fingerprint density at radius 1 is 1.50 bits per heavy atom. The van der Waals surface area contributed by atoms with Gasteiger partial charge < -0.3 is 10.1 Å². The van der Waals surface area contributed by atoms with Crippen molar-refractivity contribution in [1.82, 2.24) is 5.32 Å². The van der Waals surface area contributed by atoms with E-state index in [-0.39, 0.29) is 0 Å². The Labute approximate surface area is 83.1 Å². The van der Waals surface area contributed by atoms with Crippen molar-refractivity contribution < 1.29 is 9.13 Å². The molecule has 3 heteroatoms. The van der Waals surface area contributed by atoms with E-state index in [1.807, 2.05) is 18.2 Å². The average molecular weight is 195 g/mol. The molecule has 2 rings (SSSR count). The third-order valence-corrected chi connectivity index (χ3v) is 2.69. The Hall–Kier alpha value is -1.09. The number of rotatable bonds is 2. The van der Waals surface area contributed by atoms with Gasteiger partial charge in [0.15, 0.2) is 0 Å². The molecule has 0 saturated carbocycles. The first-order valence-corrected chi connectivity index (χ1v) is 4.79. The largest absolute Gasteiger partial charge is 0.497 e. The van der Waals surface area contributed by atoms with Gasteiger partial charge in [0, 0.05) is 6.54 Å². The summed E-state index contributed by atoms with van der Waals surface area (Å²) >= 11 is 0. The Bertz CT molecular complexity index is 321. The first-order chi connectivity index (χ1) is 6.74. The van der Waals surface area contributed by atoms with Crippen molar-refractivity contribution in [2.75, 3.05) is 20.2 Å². The molecule has 2 nitrogen and oxygen atoms in total. The van der Waals surface area contributed by atoms with Gasteiger partial charge in [0.25, 0.3) is 0 Å². The molecule has 1 aromatic rings. The molecule has 1 aliphatic rings. The highest BCUT2D eigenvalue weighted by Crippen LogP contribution is 2.33. The lowest BCUT2D eigenvalue weighted by Gasteiger charge is -2.18. The molecule has 1 aliphatic heterocycles. The fraction of sp³-hybridized carbons (Fsp3) is 0.455. The van der Waals surface area contributed by atoms with E-state index in [1.54, 1.807) is 13.2 Å². The minimum absolute atomic E-state index is 0.403. The van der Waals surface area contributed by atoms with Gasteiger partial charge in [-0.15, -0.1) is 0 Å². The van der Waals surface area contributed by atoms with Crippen molar-refractivity contribution in [3.8, 4) is 5.75 Å². The van der Waals surface area contributed by atoms with E-state index in [0.29, 0.717) is 24.3 Å². The van der Waals surface area contributed by atoms with E-state index < -0.39 is 5.67 Å². The molecule has 1 fully saturated rings. The molecule has 0 bridgehead atoms. The molecular weight excluding hydrogens is 181 g/mol. The monoisotopic (exact) mass is 195 g/mol. The normalized spacial score (nSPS) is 26.4. The van der Waals surface area contributed by atoms with Crippen LogP contribution in [0.5, 0.6) is 5.75 Å². The minimum atomic E-state index is -1.21. The van der Waals surface area contributed by atoms with Crippen molar-refractivity contribution in [1.29, 1.82) is 0 Å². The minimum Gasteiger partial charge on any atom is -0.497 e. The van der Waals surface area contributed by atoms with E-state index in [4.69, 9.17) is 4.74 Å². The Morgan fingerprint density at radius 2 is 2.36 bits per heavy atom. The summed E-state index contributed by atoms with van der Waals surface area (Å²) in [5.74, 6) is 0.714. The van der Waals surface area contributed by atoms with Crippen LogP contribution in [0.2, 0.25) is 0 Å². The van der Waals surface area contributed by atoms with Crippen molar-refractivity contribution in [3.05, 3.63) is 29.8 Å². The molecule has 0 spiro atoms. The smallest absolute Gasteiger partial charge is 0.149 e. The van der Waals surface area contributed by atoms with Gasteiger partial charge in [0.2, 0.25) is 0 Å². The maximum absolute atomic E-state index is 14.2. The van der Waals surface area contributed by atoms with E-state index in [1.165, 1.54) is 0 Å². The topological polar surface area (TPSA) is 21.3 Å². The zero-order valence-corrected chi connectivity index (χ0v) is 8.22. The van der Waals surface area contributed by atoms with Crippen LogP contribution in [-0.4, -0.2) is 20.2 Å². The fourth-order valence-corrected chi connectivity index (χ4v) is 1.81. The Balaban J connectivity index is 2.30. The SMILES string of the molecule is COc1cccc([C@@]2(F)CCNC2)c1.